The van der Waals surface area contributed by atoms with E-state index < -0.39 is 0 Å². The molecular formula is C16H24N2O2. The highest BCUT2D eigenvalue weighted by Gasteiger charge is 2.19. The van der Waals surface area contributed by atoms with Crippen LogP contribution in [0, 0.1) is 11.8 Å². The molecule has 0 aromatic carbocycles. The van der Waals surface area contributed by atoms with Crippen LogP contribution < -0.4 is 10.6 Å². The summed E-state index contributed by atoms with van der Waals surface area (Å²) in [7, 11) is 0. The topological polar surface area (TPSA) is 58.2 Å². The minimum atomic E-state index is 0.110. The molecule has 2 atom stereocenters. The van der Waals surface area contributed by atoms with E-state index in [9.17, 15) is 9.59 Å². The molecule has 0 aromatic rings. The van der Waals surface area contributed by atoms with Crippen molar-refractivity contribution in [3.8, 4) is 0 Å². The maximum absolute atomic E-state index is 11.9. The molecule has 4 nitrogen and oxygen atoms in total. The van der Waals surface area contributed by atoms with E-state index in [4.69, 9.17) is 0 Å². The van der Waals surface area contributed by atoms with Crippen molar-refractivity contribution >= 4 is 11.8 Å². The van der Waals surface area contributed by atoms with Crippen LogP contribution in [0.3, 0.4) is 0 Å². The van der Waals surface area contributed by atoms with Crippen molar-refractivity contribution in [2.45, 2.75) is 38.5 Å². The summed E-state index contributed by atoms with van der Waals surface area (Å²) < 4.78 is 0. The van der Waals surface area contributed by atoms with Crippen LogP contribution in [-0.2, 0) is 9.59 Å². The molecule has 0 radical (unpaired) electrons. The number of hydrogen-bond donors (Lipinski definition) is 2. The number of amides is 2. The van der Waals surface area contributed by atoms with Crippen molar-refractivity contribution in [2.24, 2.45) is 11.8 Å². The Morgan fingerprint density at radius 1 is 0.800 bits per heavy atom. The first-order valence-electron chi connectivity index (χ1n) is 7.63. The molecule has 2 amide bonds. The summed E-state index contributed by atoms with van der Waals surface area (Å²) >= 11 is 0. The first-order valence-corrected chi connectivity index (χ1v) is 7.63. The van der Waals surface area contributed by atoms with E-state index in [1.165, 1.54) is 0 Å². The Hall–Kier alpha value is -1.58. The highest BCUT2D eigenvalue weighted by Crippen LogP contribution is 2.18. The van der Waals surface area contributed by atoms with Crippen molar-refractivity contribution in [3.63, 3.8) is 0 Å². The van der Waals surface area contributed by atoms with Gasteiger partial charge in [0.05, 0.1) is 0 Å². The second-order valence-electron chi connectivity index (χ2n) is 5.54. The quantitative estimate of drug-likeness (QED) is 0.595. The molecule has 0 unspecified atom stereocenters. The third-order valence-corrected chi connectivity index (χ3v) is 4.00. The van der Waals surface area contributed by atoms with Gasteiger partial charge < -0.3 is 10.6 Å². The molecule has 0 aliphatic heterocycles. The highest BCUT2D eigenvalue weighted by atomic mass is 16.2. The number of carbonyl (C=O) groups excluding carboxylic acids is 2. The monoisotopic (exact) mass is 276 g/mol. The summed E-state index contributed by atoms with van der Waals surface area (Å²) in [5, 5.41) is 5.82. The molecule has 0 bridgehead atoms. The van der Waals surface area contributed by atoms with Gasteiger partial charge in [0.1, 0.15) is 0 Å². The second kappa shape index (κ2) is 7.88. The maximum atomic E-state index is 11.9. The molecule has 2 rings (SSSR count). The Morgan fingerprint density at radius 3 is 1.60 bits per heavy atom. The zero-order valence-corrected chi connectivity index (χ0v) is 11.9. The molecule has 0 saturated carbocycles. The number of rotatable bonds is 5. The molecule has 0 spiro atoms. The van der Waals surface area contributed by atoms with E-state index >= 15 is 0 Å². The van der Waals surface area contributed by atoms with E-state index in [1.54, 1.807) is 0 Å². The molecule has 0 heterocycles. The van der Waals surface area contributed by atoms with E-state index in [2.05, 4.69) is 34.9 Å². The van der Waals surface area contributed by atoms with Crippen LogP contribution in [-0.4, -0.2) is 24.9 Å². The third kappa shape index (κ3) is 4.51. The van der Waals surface area contributed by atoms with Crippen LogP contribution in [0.15, 0.2) is 24.3 Å². The van der Waals surface area contributed by atoms with Crippen molar-refractivity contribution in [1.29, 1.82) is 0 Å². The van der Waals surface area contributed by atoms with E-state index in [-0.39, 0.29) is 23.7 Å². The highest BCUT2D eigenvalue weighted by molar-refractivity contribution is 5.80. The van der Waals surface area contributed by atoms with Gasteiger partial charge in [-0.2, -0.15) is 0 Å². The van der Waals surface area contributed by atoms with Crippen LogP contribution in [0.25, 0.3) is 0 Å². The van der Waals surface area contributed by atoms with Gasteiger partial charge in [-0.05, 0) is 38.5 Å². The Labute approximate surface area is 120 Å². The lowest BCUT2D eigenvalue weighted by Gasteiger charge is -2.19. The first-order chi connectivity index (χ1) is 9.77. The van der Waals surface area contributed by atoms with Gasteiger partial charge in [-0.1, -0.05) is 24.3 Å². The minimum absolute atomic E-state index is 0.110. The third-order valence-electron chi connectivity index (χ3n) is 4.00. The van der Waals surface area contributed by atoms with Gasteiger partial charge in [-0.15, -0.1) is 0 Å². The predicted molar refractivity (Wildman–Crippen MR) is 79.0 cm³/mol. The van der Waals surface area contributed by atoms with Crippen molar-refractivity contribution in [2.75, 3.05) is 13.1 Å². The lowest BCUT2D eigenvalue weighted by molar-refractivity contribution is -0.127. The second-order valence-corrected chi connectivity index (χ2v) is 5.54. The Kier molecular flexibility index (Phi) is 5.84. The molecule has 20 heavy (non-hydrogen) atoms. The van der Waals surface area contributed by atoms with Crippen molar-refractivity contribution in [1.82, 2.24) is 10.6 Å². The molecule has 0 saturated heterocycles. The van der Waals surface area contributed by atoms with Gasteiger partial charge >= 0.3 is 0 Å². The summed E-state index contributed by atoms with van der Waals surface area (Å²) in [6.07, 6.45) is 13.9. The van der Waals surface area contributed by atoms with E-state index in [0.717, 1.165) is 38.5 Å². The molecule has 4 heteroatoms. The van der Waals surface area contributed by atoms with Gasteiger partial charge in [-0.3, -0.25) is 9.59 Å². The molecular weight excluding hydrogens is 252 g/mol. The average molecular weight is 276 g/mol. The Balaban J connectivity index is 1.58. The summed E-state index contributed by atoms with van der Waals surface area (Å²) in [5.41, 5.74) is 0. The van der Waals surface area contributed by atoms with Gasteiger partial charge in [0, 0.05) is 24.9 Å². The molecule has 2 aliphatic carbocycles. The van der Waals surface area contributed by atoms with Gasteiger partial charge in [0.15, 0.2) is 0 Å². The zero-order valence-electron chi connectivity index (χ0n) is 11.9. The fraction of sp³-hybridized carbons (Fsp3) is 0.625. The van der Waals surface area contributed by atoms with Gasteiger partial charge in [-0.25, -0.2) is 0 Å². The molecule has 0 aromatic heterocycles. The summed E-state index contributed by atoms with van der Waals surface area (Å²) in [6, 6.07) is 0. The van der Waals surface area contributed by atoms with Crippen LogP contribution in [0.4, 0.5) is 0 Å². The normalized spacial score (nSPS) is 25.2. The van der Waals surface area contributed by atoms with Crippen LogP contribution >= 0.6 is 0 Å². The van der Waals surface area contributed by atoms with Crippen LogP contribution in [0.1, 0.15) is 38.5 Å². The van der Waals surface area contributed by atoms with Crippen LogP contribution in [0.5, 0.6) is 0 Å². The molecule has 110 valence electrons. The van der Waals surface area contributed by atoms with Crippen LogP contribution in [0.2, 0.25) is 0 Å². The summed E-state index contributed by atoms with van der Waals surface area (Å²) in [4.78, 5) is 23.8. The Morgan fingerprint density at radius 2 is 1.25 bits per heavy atom. The smallest absolute Gasteiger partial charge is 0.223 e. The fourth-order valence-electron chi connectivity index (χ4n) is 2.72. The lowest BCUT2D eigenvalue weighted by Crippen LogP contribution is -2.39. The van der Waals surface area contributed by atoms with Crippen molar-refractivity contribution < 1.29 is 9.59 Å². The average Bonchev–Trinajstić information content (AvgIpc) is 2.53. The largest absolute Gasteiger partial charge is 0.354 e. The zero-order chi connectivity index (χ0) is 14.2. The molecule has 2 N–H and O–H groups in total. The van der Waals surface area contributed by atoms with Crippen molar-refractivity contribution in [3.05, 3.63) is 24.3 Å². The predicted octanol–water partition coefficient (Wildman–Crippen LogP) is 1.93. The van der Waals surface area contributed by atoms with E-state index in [0.29, 0.717) is 13.1 Å². The number of nitrogens with one attached hydrogen (secondary N) is 2. The molecule has 0 fully saturated rings. The summed E-state index contributed by atoms with van der Waals surface area (Å²) in [5.74, 6) is 0.451. The SMILES string of the molecule is O=C(NCCNC(=O)[C@H]1CC=CCC1)[C@H]1CC=CCC1. The number of allylic oxidation sites excluding steroid dienone is 4. The number of carbonyl (C=O) groups is 2. The van der Waals surface area contributed by atoms with Gasteiger partial charge in [0.25, 0.3) is 0 Å². The molecule has 2 aliphatic rings. The lowest BCUT2D eigenvalue weighted by atomic mass is 9.93. The Bertz CT molecular complexity index is 363. The number of hydrogen-bond acceptors (Lipinski definition) is 2. The summed E-state index contributed by atoms with van der Waals surface area (Å²) in [6.45, 7) is 1.04. The maximum Gasteiger partial charge on any atom is 0.223 e. The standard InChI is InChI=1S/C16H24N2O2/c19-15(13-7-3-1-4-8-13)17-11-12-18-16(20)14-9-5-2-6-10-14/h1-3,5,13-14H,4,6-12H2,(H,17,19)(H,18,20)/t13-,14-/m0/s1. The minimum Gasteiger partial charge on any atom is -0.354 e. The first kappa shape index (κ1) is 14.8. The fourth-order valence-corrected chi connectivity index (χ4v) is 2.72. The van der Waals surface area contributed by atoms with E-state index in [1.807, 2.05) is 0 Å². The van der Waals surface area contributed by atoms with Gasteiger partial charge in [0.2, 0.25) is 11.8 Å².